The lowest BCUT2D eigenvalue weighted by Gasteiger charge is -2.29. The van der Waals surface area contributed by atoms with E-state index in [2.05, 4.69) is 5.32 Å². The number of nitrogens with one attached hydrogen (secondary N) is 1. The Kier molecular flexibility index (Phi) is 6.84. The first-order valence-corrected chi connectivity index (χ1v) is 10.0. The normalized spacial score (nSPS) is 13.1. The first-order valence-electron chi connectivity index (χ1n) is 8.35. The van der Waals surface area contributed by atoms with Crippen LogP contribution in [0.5, 0.6) is 11.5 Å². The van der Waals surface area contributed by atoms with Gasteiger partial charge in [-0.05, 0) is 41.3 Å². The van der Waals surface area contributed by atoms with Gasteiger partial charge in [0.05, 0.1) is 20.3 Å². The zero-order valence-electron chi connectivity index (χ0n) is 15.4. The smallest absolute Gasteiger partial charge is 0.342 e. The molecule has 142 valence electrons. The molecule has 0 aromatic heterocycles. The number of benzene rings is 2. The van der Waals surface area contributed by atoms with Gasteiger partial charge in [-0.1, -0.05) is 38.1 Å². The minimum absolute atomic E-state index is 0.241. The standard InChI is InChI=1S/C19H26NO5P/c1-13(2)19(26(21,22)23)20-18(14-5-9-16(24-3)10-6-14)15-7-11-17(25-4)12-8-15/h5-13,18-20H,1-4H3,(H2,21,22,23)/t19-/m0/s1. The molecule has 7 heteroatoms. The molecule has 1 atom stereocenters. The van der Waals surface area contributed by atoms with Crippen LogP contribution in [-0.4, -0.2) is 29.8 Å². The van der Waals surface area contributed by atoms with Gasteiger partial charge in [-0.3, -0.25) is 9.88 Å². The minimum Gasteiger partial charge on any atom is -0.497 e. The Bertz CT molecular complexity index is 692. The van der Waals surface area contributed by atoms with Crippen LogP contribution in [-0.2, 0) is 4.57 Å². The summed E-state index contributed by atoms with van der Waals surface area (Å²) in [6.07, 6.45) is 0. The number of ether oxygens (including phenoxy) is 2. The summed E-state index contributed by atoms with van der Waals surface area (Å²) in [6.45, 7) is 3.58. The highest BCUT2D eigenvalue weighted by molar-refractivity contribution is 7.52. The van der Waals surface area contributed by atoms with Crippen molar-refractivity contribution in [2.45, 2.75) is 25.7 Å². The molecule has 2 rings (SSSR count). The second kappa shape index (κ2) is 8.69. The Morgan fingerprint density at radius 3 is 1.50 bits per heavy atom. The van der Waals surface area contributed by atoms with Crippen molar-refractivity contribution < 1.29 is 23.8 Å². The highest BCUT2D eigenvalue weighted by Crippen LogP contribution is 2.45. The van der Waals surface area contributed by atoms with E-state index in [1.165, 1.54) is 0 Å². The zero-order chi connectivity index (χ0) is 19.3. The Morgan fingerprint density at radius 1 is 0.846 bits per heavy atom. The van der Waals surface area contributed by atoms with Crippen LogP contribution < -0.4 is 14.8 Å². The minimum atomic E-state index is -4.32. The molecule has 2 aromatic rings. The van der Waals surface area contributed by atoms with Crippen LogP contribution in [0.25, 0.3) is 0 Å². The van der Waals surface area contributed by atoms with Crippen molar-refractivity contribution in [2.75, 3.05) is 14.2 Å². The quantitative estimate of drug-likeness (QED) is 0.608. The Balaban J connectivity index is 2.44. The van der Waals surface area contributed by atoms with Gasteiger partial charge >= 0.3 is 7.60 Å². The molecule has 0 bridgehead atoms. The Hall–Kier alpha value is -1.85. The van der Waals surface area contributed by atoms with E-state index in [1.807, 2.05) is 48.5 Å². The van der Waals surface area contributed by atoms with Crippen LogP contribution in [0.2, 0.25) is 0 Å². The predicted molar refractivity (Wildman–Crippen MR) is 102 cm³/mol. The van der Waals surface area contributed by atoms with E-state index in [1.54, 1.807) is 28.1 Å². The fraction of sp³-hybridized carbons (Fsp3) is 0.368. The molecule has 0 amide bonds. The molecule has 3 N–H and O–H groups in total. The summed E-state index contributed by atoms with van der Waals surface area (Å²) in [4.78, 5) is 19.5. The molecular formula is C19H26NO5P. The van der Waals surface area contributed by atoms with Crippen molar-refractivity contribution in [3.8, 4) is 11.5 Å². The molecule has 26 heavy (non-hydrogen) atoms. The molecule has 0 heterocycles. The maximum Gasteiger partial charge on any atom is 0.342 e. The highest BCUT2D eigenvalue weighted by Gasteiger charge is 2.34. The van der Waals surface area contributed by atoms with E-state index in [4.69, 9.17) is 9.47 Å². The molecule has 2 aromatic carbocycles. The van der Waals surface area contributed by atoms with Crippen molar-refractivity contribution >= 4 is 7.60 Å². The summed E-state index contributed by atoms with van der Waals surface area (Å²) in [5.74, 6) is 0.238. The summed E-state index contributed by atoms with van der Waals surface area (Å²) < 4.78 is 22.4. The second-order valence-corrected chi connectivity index (χ2v) is 8.16. The topological polar surface area (TPSA) is 88.0 Å². The molecule has 0 unspecified atom stereocenters. The number of methoxy groups -OCH3 is 2. The van der Waals surface area contributed by atoms with Gasteiger partial charge in [0.25, 0.3) is 0 Å². The number of rotatable bonds is 8. The molecule has 0 saturated heterocycles. The molecule has 0 spiro atoms. The zero-order valence-corrected chi connectivity index (χ0v) is 16.3. The summed E-state index contributed by atoms with van der Waals surface area (Å²) in [5.41, 5.74) is 1.77. The Labute approximate surface area is 154 Å². The monoisotopic (exact) mass is 379 g/mol. The SMILES string of the molecule is COc1ccc(C(N[C@H](C(C)C)P(=O)(O)O)c2ccc(OC)cc2)cc1. The van der Waals surface area contributed by atoms with Crippen molar-refractivity contribution in [2.24, 2.45) is 5.92 Å². The van der Waals surface area contributed by atoms with Crippen LogP contribution in [0.1, 0.15) is 31.0 Å². The highest BCUT2D eigenvalue weighted by atomic mass is 31.2. The van der Waals surface area contributed by atoms with E-state index in [0.717, 1.165) is 22.6 Å². The lowest BCUT2D eigenvalue weighted by atomic mass is 9.97. The van der Waals surface area contributed by atoms with Gasteiger partial charge in [-0.2, -0.15) is 0 Å². The third-order valence-electron chi connectivity index (χ3n) is 4.23. The van der Waals surface area contributed by atoms with Crippen LogP contribution >= 0.6 is 7.60 Å². The van der Waals surface area contributed by atoms with Gasteiger partial charge in [-0.25, -0.2) is 0 Å². The number of hydrogen-bond donors (Lipinski definition) is 3. The van der Waals surface area contributed by atoms with Crippen LogP contribution in [0.15, 0.2) is 48.5 Å². The average Bonchev–Trinajstić information content (AvgIpc) is 2.61. The fourth-order valence-electron chi connectivity index (χ4n) is 2.83. The van der Waals surface area contributed by atoms with Crippen molar-refractivity contribution in [3.05, 3.63) is 59.7 Å². The van der Waals surface area contributed by atoms with Crippen molar-refractivity contribution in [1.82, 2.24) is 5.32 Å². The van der Waals surface area contributed by atoms with E-state index in [0.29, 0.717) is 0 Å². The largest absolute Gasteiger partial charge is 0.497 e. The predicted octanol–water partition coefficient (Wildman–Crippen LogP) is 3.54. The molecule has 0 aliphatic rings. The maximum absolute atomic E-state index is 12.0. The maximum atomic E-state index is 12.0. The Morgan fingerprint density at radius 2 is 1.23 bits per heavy atom. The number of hydrogen-bond acceptors (Lipinski definition) is 4. The van der Waals surface area contributed by atoms with Gasteiger partial charge in [-0.15, -0.1) is 0 Å². The van der Waals surface area contributed by atoms with Crippen LogP contribution in [0, 0.1) is 5.92 Å². The first kappa shape index (κ1) is 20.5. The lowest BCUT2D eigenvalue weighted by molar-refractivity contribution is 0.317. The molecular weight excluding hydrogens is 353 g/mol. The molecule has 6 nitrogen and oxygen atoms in total. The summed E-state index contributed by atoms with van der Waals surface area (Å²) in [6, 6.07) is 14.5. The molecule has 0 saturated carbocycles. The molecule has 0 aliphatic heterocycles. The van der Waals surface area contributed by atoms with Gasteiger partial charge in [0, 0.05) is 0 Å². The van der Waals surface area contributed by atoms with E-state index < -0.39 is 13.4 Å². The van der Waals surface area contributed by atoms with Gasteiger partial charge in [0.15, 0.2) is 0 Å². The van der Waals surface area contributed by atoms with E-state index >= 15 is 0 Å². The van der Waals surface area contributed by atoms with Crippen LogP contribution in [0.4, 0.5) is 0 Å². The summed E-state index contributed by atoms with van der Waals surface area (Å²) in [5, 5.41) is 3.16. The molecule has 0 aliphatic carbocycles. The van der Waals surface area contributed by atoms with Gasteiger partial charge < -0.3 is 19.3 Å². The van der Waals surface area contributed by atoms with Crippen molar-refractivity contribution in [3.63, 3.8) is 0 Å². The van der Waals surface area contributed by atoms with Gasteiger partial charge in [0.2, 0.25) is 0 Å². The fourth-order valence-corrected chi connectivity index (χ4v) is 3.95. The summed E-state index contributed by atoms with van der Waals surface area (Å²) >= 11 is 0. The first-order chi connectivity index (χ1) is 12.3. The lowest BCUT2D eigenvalue weighted by Crippen LogP contribution is -2.37. The van der Waals surface area contributed by atoms with Gasteiger partial charge in [0.1, 0.15) is 17.3 Å². The third kappa shape index (κ3) is 5.08. The van der Waals surface area contributed by atoms with Crippen molar-refractivity contribution in [1.29, 1.82) is 0 Å². The molecule has 0 radical (unpaired) electrons. The average molecular weight is 379 g/mol. The van der Waals surface area contributed by atoms with Crippen LogP contribution in [0.3, 0.4) is 0 Å². The molecule has 0 fully saturated rings. The second-order valence-electron chi connectivity index (χ2n) is 6.42. The van der Waals surface area contributed by atoms with E-state index in [9.17, 15) is 14.4 Å². The third-order valence-corrected chi connectivity index (χ3v) is 5.70. The summed E-state index contributed by atoms with van der Waals surface area (Å²) in [7, 11) is -1.13. The van der Waals surface area contributed by atoms with E-state index in [-0.39, 0.29) is 12.0 Å².